The third-order valence-corrected chi connectivity index (χ3v) is 4.18. The molecule has 0 radical (unpaired) electrons. The number of hydrogen-bond donors (Lipinski definition) is 1. The van der Waals surface area contributed by atoms with Gasteiger partial charge in [0, 0.05) is 39.4 Å². The number of fused-ring (bicyclic) bond motifs is 5. The smallest absolute Gasteiger partial charge is 0.163 e. The minimum Gasteiger partial charge on any atom is -0.355 e. The number of rotatable bonds is 1. The van der Waals surface area contributed by atoms with E-state index in [4.69, 9.17) is 0 Å². The third kappa shape index (κ3) is 1.40. The predicted octanol–water partition coefficient (Wildman–Crippen LogP) is 3.65. The van der Waals surface area contributed by atoms with E-state index >= 15 is 0 Å². The van der Waals surface area contributed by atoms with Gasteiger partial charge < -0.3 is 4.98 Å². The number of ketones is 2. The van der Waals surface area contributed by atoms with Gasteiger partial charge in [-0.15, -0.1) is 0 Å². The molecule has 0 spiro atoms. The maximum Gasteiger partial charge on any atom is 0.163 e. The Morgan fingerprint density at radius 1 is 1.10 bits per heavy atom. The van der Waals surface area contributed by atoms with Gasteiger partial charge in [-0.05, 0) is 49.2 Å². The van der Waals surface area contributed by atoms with E-state index in [0.29, 0.717) is 12.0 Å². The van der Waals surface area contributed by atoms with Crippen LogP contribution in [0.4, 0.5) is 0 Å². The third-order valence-electron chi connectivity index (χ3n) is 4.18. The molecular formula is C17H13NO2. The number of H-pyrrole nitrogens is 1. The van der Waals surface area contributed by atoms with Crippen molar-refractivity contribution in [3.8, 4) is 0 Å². The molecule has 1 aliphatic carbocycles. The number of carbonyl (C=O) groups is 2. The second-order valence-electron chi connectivity index (χ2n) is 5.38. The molecular weight excluding hydrogens is 250 g/mol. The average Bonchev–Trinajstić information content (AvgIpc) is 2.98. The van der Waals surface area contributed by atoms with Crippen LogP contribution in [0.25, 0.3) is 21.8 Å². The summed E-state index contributed by atoms with van der Waals surface area (Å²) in [4.78, 5) is 26.8. The van der Waals surface area contributed by atoms with Crippen LogP contribution < -0.4 is 0 Å². The number of benzene rings is 2. The highest BCUT2D eigenvalue weighted by molar-refractivity contribution is 6.15. The minimum atomic E-state index is 0.0601. The summed E-state index contributed by atoms with van der Waals surface area (Å²) in [6, 6.07) is 9.58. The first-order chi connectivity index (χ1) is 9.65. The van der Waals surface area contributed by atoms with Crippen LogP contribution in [0.3, 0.4) is 0 Å². The highest BCUT2D eigenvalue weighted by Crippen LogP contribution is 2.35. The van der Waals surface area contributed by atoms with Crippen molar-refractivity contribution in [3.05, 3.63) is 47.0 Å². The van der Waals surface area contributed by atoms with Gasteiger partial charge in [0.1, 0.15) is 0 Å². The lowest BCUT2D eigenvalue weighted by atomic mass is 10.0. The first-order valence-corrected chi connectivity index (χ1v) is 6.76. The van der Waals surface area contributed by atoms with Crippen LogP contribution in [-0.4, -0.2) is 16.6 Å². The summed E-state index contributed by atoms with van der Waals surface area (Å²) in [5.74, 6) is 0.281. The molecule has 0 saturated carbocycles. The topological polar surface area (TPSA) is 49.9 Å². The average molecular weight is 263 g/mol. The van der Waals surface area contributed by atoms with Crippen molar-refractivity contribution in [1.29, 1.82) is 0 Å². The standard InChI is InChI=1S/C17H13NO2/c1-9(19)10-2-5-14-13(8-10)17-12-4-7-16(20)11(12)3-6-15(17)18-14/h2-3,5-6,8,18H,4,7H2,1H3. The summed E-state index contributed by atoms with van der Waals surface area (Å²) in [5, 5.41) is 2.14. The van der Waals surface area contributed by atoms with Crippen LogP contribution in [-0.2, 0) is 6.42 Å². The van der Waals surface area contributed by atoms with Gasteiger partial charge in [0.2, 0.25) is 0 Å². The lowest BCUT2D eigenvalue weighted by Gasteiger charge is -2.01. The molecule has 3 aromatic rings. The van der Waals surface area contributed by atoms with E-state index in [2.05, 4.69) is 4.98 Å². The summed E-state index contributed by atoms with van der Waals surface area (Å²) < 4.78 is 0. The number of aromatic amines is 1. The van der Waals surface area contributed by atoms with Gasteiger partial charge in [-0.3, -0.25) is 9.59 Å². The Morgan fingerprint density at radius 2 is 1.90 bits per heavy atom. The zero-order chi connectivity index (χ0) is 13.9. The van der Waals surface area contributed by atoms with E-state index in [1.54, 1.807) is 6.92 Å². The molecule has 3 heteroatoms. The van der Waals surface area contributed by atoms with Crippen molar-refractivity contribution >= 4 is 33.4 Å². The van der Waals surface area contributed by atoms with Crippen molar-refractivity contribution in [2.45, 2.75) is 19.8 Å². The van der Waals surface area contributed by atoms with Crippen LogP contribution in [0.1, 0.15) is 39.6 Å². The molecule has 0 amide bonds. The molecule has 98 valence electrons. The lowest BCUT2D eigenvalue weighted by Crippen LogP contribution is -1.91. The van der Waals surface area contributed by atoms with E-state index in [0.717, 1.165) is 39.4 Å². The fourth-order valence-electron chi connectivity index (χ4n) is 3.18. The van der Waals surface area contributed by atoms with E-state index in [1.165, 1.54) is 0 Å². The largest absolute Gasteiger partial charge is 0.355 e. The summed E-state index contributed by atoms with van der Waals surface area (Å²) in [5.41, 5.74) is 4.72. The number of carbonyl (C=O) groups excluding carboxylic acids is 2. The molecule has 0 atom stereocenters. The summed E-state index contributed by atoms with van der Waals surface area (Å²) in [7, 11) is 0. The van der Waals surface area contributed by atoms with Crippen LogP contribution in [0.5, 0.6) is 0 Å². The molecule has 0 unspecified atom stereocenters. The van der Waals surface area contributed by atoms with Gasteiger partial charge in [-0.1, -0.05) is 0 Å². The Balaban J connectivity index is 2.16. The zero-order valence-electron chi connectivity index (χ0n) is 11.1. The molecule has 3 nitrogen and oxygen atoms in total. The first-order valence-electron chi connectivity index (χ1n) is 6.76. The summed E-state index contributed by atoms with van der Waals surface area (Å²) in [6.45, 7) is 1.57. The molecule has 20 heavy (non-hydrogen) atoms. The number of Topliss-reactive ketones (excluding diaryl/α,β-unsaturated/α-hetero) is 2. The SMILES string of the molecule is CC(=O)c1ccc2[nH]c3ccc4c(c3c2c1)CCC4=O. The summed E-state index contributed by atoms with van der Waals surface area (Å²) in [6.07, 6.45) is 1.39. The van der Waals surface area contributed by atoms with Crippen LogP contribution >= 0.6 is 0 Å². The van der Waals surface area contributed by atoms with Crippen LogP contribution in [0.2, 0.25) is 0 Å². The molecule has 0 saturated heterocycles. The van der Waals surface area contributed by atoms with E-state index in [1.807, 2.05) is 30.3 Å². The Bertz CT molecular complexity index is 902. The van der Waals surface area contributed by atoms with Crippen molar-refractivity contribution in [3.63, 3.8) is 0 Å². The highest BCUT2D eigenvalue weighted by Gasteiger charge is 2.23. The monoisotopic (exact) mass is 263 g/mol. The fraction of sp³-hybridized carbons (Fsp3) is 0.176. The fourth-order valence-corrected chi connectivity index (χ4v) is 3.18. The van der Waals surface area contributed by atoms with Gasteiger partial charge in [-0.25, -0.2) is 0 Å². The molecule has 1 heterocycles. The Kier molecular flexibility index (Phi) is 2.16. The lowest BCUT2D eigenvalue weighted by molar-refractivity contribution is 0.0991. The van der Waals surface area contributed by atoms with E-state index < -0.39 is 0 Å². The number of hydrogen-bond acceptors (Lipinski definition) is 2. The number of aryl methyl sites for hydroxylation is 1. The Morgan fingerprint density at radius 3 is 2.70 bits per heavy atom. The molecule has 4 rings (SSSR count). The van der Waals surface area contributed by atoms with Crippen LogP contribution in [0.15, 0.2) is 30.3 Å². The number of aromatic nitrogens is 1. The van der Waals surface area contributed by atoms with E-state index in [9.17, 15) is 9.59 Å². The van der Waals surface area contributed by atoms with Crippen molar-refractivity contribution < 1.29 is 9.59 Å². The summed E-state index contributed by atoms with van der Waals surface area (Å²) >= 11 is 0. The van der Waals surface area contributed by atoms with Gasteiger partial charge in [0.05, 0.1) is 0 Å². The highest BCUT2D eigenvalue weighted by atomic mass is 16.1. The molecule has 2 aromatic carbocycles. The van der Waals surface area contributed by atoms with E-state index in [-0.39, 0.29) is 11.6 Å². The zero-order valence-corrected chi connectivity index (χ0v) is 11.1. The second-order valence-corrected chi connectivity index (χ2v) is 5.38. The first kappa shape index (κ1) is 11.4. The van der Waals surface area contributed by atoms with Crippen molar-refractivity contribution in [2.24, 2.45) is 0 Å². The molecule has 1 N–H and O–H groups in total. The predicted molar refractivity (Wildman–Crippen MR) is 78.5 cm³/mol. The molecule has 1 aliphatic rings. The normalized spacial score (nSPS) is 14.2. The minimum absolute atomic E-state index is 0.0601. The maximum absolute atomic E-state index is 11.9. The molecule has 0 fully saturated rings. The maximum atomic E-state index is 11.9. The van der Waals surface area contributed by atoms with Gasteiger partial charge in [0.25, 0.3) is 0 Å². The molecule has 0 aliphatic heterocycles. The van der Waals surface area contributed by atoms with Gasteiger partial charge in [-0.2, -0.15) is 0 Å². The number of nitrogens with one attached hydrogen (secondary N) is 1. The van der Waals surface area contributed by atoms with Crippen molar-refractivity contribution in [1.82, 2.24) is 4.98 Å². The van der Waals surface area contributed by atoms with Gasteiger partial charge in [0.15, 0.2) is 11.6 Å². The molecule has 0 bridgehead atoms. The van der Waals surface area contributed by atoms with Crippen LogP contribution in [0, 0.1) is 0 Å². The molecule has 1 aromatic heterocycles. The second kappa shape index (κ2) is 3.79. The Hall–Kier alpha value is -2.42. The Labute approximate surface area is 115 Å². The quantitative estimate of drug-likeness (QED) is 0.681. The van der Waals surface area contributed by atoms with Gasteiger partial charge >= 0.3 is 0 Å². The van der Waals surface area contributed by atoms with Crippen molar-refractivity contribution in [2.75, 3.05) is 0 Å².